The maximum Gasteiger partial charge on any atom is 0.234 e. The SMILES string of the molecule is CCc1cccc(CC)c1NC(=O)CSc1nnc(-c2csc(C)c2C)n1C(C)C. The van der Waals surface area contributed by atoms with Gasteiger partial charge in [0.05, 0.1) is 5.75 Å². The van der Waals surface area contributed by atoms with Crippen molar-refractivity contribution in [1.29, 1.82) is 0 Å². The van der Waals surface area contributed by atoms with Crippen LogP contribution >= 0.6 is 23.1 Å². The molecule has 1 amide bonds. The van der Waals surface area contributed by atoms with Gasteiger partial charge in [-0.2, -0.15) is 0 Å². The van der Waals surface area contributed by atoms with Gasteiger partial charge in [0.15, 0.2) is 11.0 Å². The number of hydrogen-bond acceptors (Lipinski definition) is 5. The van der Waals surface area contributed by atoms with Gasteiger partial charge in [-0.15, -0.1) is 21.5 Å². The summed E-state index contributed by atoms with van der Waals surface area (Å²) in [6.07, 6.45) is 1.78. The Morgan fingerprint density at radius 1 is 1.17 bits per heavy atom. The fraction of sp³-hybridized carbons (Fsp3) is 0.435. The molecule has 0 atom stereocenters. The van der Waals surface area contributed by atoms with E-state index in [1.54, 1.807) is 11.3 Å². The number of thioether (sulfide) groups is 1. The van der Waals surface area contributed by atoms with Crippen LogP contribution in [0.5, 0.6) is 0 Å². The van der Waals surface area contributed by atoms with Gasteiger partial charge in [0.2, 0.25) is 5.91 Å². The number of amides is 1. The maximum absolute atomic E-state index is 12.7. The standard InChI is InChI=1S/C23H30N4OS2/c1-7-17-10-9-11-18(8-2)21(17)24-20(28)13-30-23-26-25-22(27(23)14(3)4)19-12-29-16(6)15(19)5/h9-12,14H,7-8,13H2,1-6H3,(H,24,28). The van der Waals surface area contributed by atoms with Gasteiger partial charge in [-0.25, -0.2) is 0 Å². The van der Waals surface area contributed by atoms with E-state index in [4.69, 9.17) is 0 Å². The van der Waals surface area contributed by atoms with E-state index in [0.29, 0.717) is 5.75 Å². The second kappa shape index (κ2) is 9.79. The number of aryl methyl sites for hydroxylation is 3. The molecule has 0 aliphatic heterocycles. The normalized spacial score (nSPS) is 11.3. The lowest BCUT2D eigenvalue weighted by Gasteiger charge is -2.15. The minimum absolute atomic E-state index is 0.0157. The average Bonchev–Trinajstić information content (AvgIpc) is 3.29. The van der Waals surface area contributed by atoms with Crippen molar-refractivity contribution < 1.29 is 4.79 Å². The number of anilines is 1. The Morgan fingerprint density at radius 2 is 1.83 bits per heavy atom. The molecular formula is C23H30N4OS2. The van der Waals surface area contributed by atoms with Crippen LogP contribution in [0, 0.1) is 13.8 Å². The van der Waals surface area contributed by atoms with E-state index in [1.165, 1.54) is 33.3 Å². The van der Waals surface area contributed by atoms with Crippen LogP contribution in [0.15, 0.2) is 28.7 Å². The highest BCUT2D eigenvalue weighted by molar-refractivity contribution is 7.99. The number of para-hydroxylation sites is 1. The molecule has 1 aromatic carbocycles. The molecule has 7 heteroatoms. The van der Waals surface area contributed by atoms with Crippen LogP contribution in [0.3, 0.4) is 0 Å². The minimum atomic E-state index is -0.0157. The van der Waals surface area contributed by atoms with E-state index in [9.17, 15) is 4.79 Å². The van der Waals surface area contributed by atoms with E-state index >= 15 is 0 Å². The number of nitrogens with one attached hydrogen (secondary N) is 1. The van der Waals surface area contributed by atoms with Gasteiger partial charge in [-0.05, 0) is 57.2 Å². The molecule has 0 saturated carbocycles. The van der Waals surface area contributed by atoms with Gasteiger partial charge < -0.3 is 5.32 Å². The summed E-state index contributed by atoms with van der Waals surface area (Å²) < 4.78 is 2.13. The van der Waals surface area contributed by atoms with Crippen molar-refractivity contribution >= 4 is 34.7 Å². The first-order valence-corrected chi connectivity index (χ1v) is 12.3. The molecule has 0 aliphatic rings. The van der Waals surface area contributed by atoms with Crippen molar-refractivity contribution in [2.24, 2.45) is 0 Å². The third kappa shape index (κ3) is 4.62. The van der Waals surface area contributed by atoms with Gasteiger partial charge in [0, 0.05) is 27.5 Å². The topological polar surface area (TPSA) is 59.8 Å². The fourth-order valence-electron chi connectivity index (χ4n) is 3.47. The molecule has 30 heavy (non-hydrogen) atoms. The number of carbonyl (C=O) groups is 1. The first-order chi connectivity index (χ1) is 14.4. The van der Waals surface area contributed by atoms with Gasteiger partial charge in [0.25, 0.3) is 0 Å². The lowest BCUT2D eigenvalue weighted by Crippen LogP contribution is -2.17. The minimum Gasteiger partial charge on any atom is -0.325 e. The molecule has 2 aromatic heterocycles. The third-order valence-electron chi connectivity index (χ3n) is 5.30. The van der Waals surface area contributed by atoms with Crippen LogP contribution in [0.2, 0.25) is 0 Å². The van der Waals surface area contributed by atoms with Gasteiger partial charge >= 0.3 is 0 Å². The van der Waals surface area contributed by atoms with E-state index in [1.807, 2.05) is 0 Å². The largest absolute Gasteiger partial charge is 0.325 e. The summed E-state index contributed by atoms with van der Waals surface area (Å²) in [7, 11) is 0. The molecule has 0 radical (unpaired) electrons. The van der Waals surface area contributed by atoms with Crippen LogP contribution in [-0.4, -0.2) is 26.4 Å². The first kappa shape index (κ1) is 22.6. The molecule has 3 aromatic rings. The number of nitrogens with zero attached hydrogens (tertiary/aromatic N) is 3. The molecule has 0 aliphatic carbocycles. The number of benzene rings is 1. The zero-order chi connectivity index (χ0) is 21.8. The van der Waals surface area contributed by atoms with Crippen LogP contribution in [0.1, 0.15) is 55.3 Å². The van der Waals surface area contributed by atoms with Crippen molar-refractivity contribution in [2.75, 3.05) is 11.1 Å². The Hall–Kier alpha value is -2.12. The number of aromatic nitrogens is 3. The molecule has 0 spiro atoms. The van der Waals surface area contributed by atoms with Gasteiger partial charge in [0.1, 0.15) is 0 Å². The van der Waals surface area contributed by atoms with Crippen molar-refractivity contribution in [3.63, 3.8) is 0 Å². The Labute approximate surface area is 187 Å². The summed E-state index contributed by atoms with van der Waals surface area (Å²) >= 11 is 3.17. The summed E-state index contributed by atoms with van der Waals surface area (Å²) in [4.78, 5) is 14.0. The summed E-state index contributed by atoms with van der Waals surface area (Å²) in [5.74, 6) is 1.16. The number of hydrogen-bond donors (Lipinski definition) is 1. The fourth-order valence-corrected chi connectivity index (χ4v) is 5.20. The summed E-state index contributed by atoms with van der Waals surface area (Å²) in [5.41, 5.74) is 5.67. The van der Waals surface area contributed by atoms with E-state index in [-0.39, 0.29) is 11.9 Å². The molecule has 160 valence electrons. The monoisotopic (exact) mass is 442 g/mol. The van der Waals surface area contributed by atoms with Crippen molar-refractivity contribution in [3.8, 4) is 11.4 Å². The Balaban J connectivity index is 1.78. The number of thiophene rings is 1. The van der Waals surface area contributed by atoms with Crippen LogP contribution in [0.4, 0.5) is 5.69 Å². The first-order valence-electron chi connectivity index (χ1n) is 10.4. The molecule has 3 rings (SSSR count). The second-order valence-corrected chi connectivity index (χ2v) is 9.62. The van der Waals surface area contributed by atoms with E-state index in [0.717, 1.165) is 35.1 Å². The lowest BCUT2D eigenvalue weighted by atomic mass is 10.0. The zero-order valence-electron chi connectivity index (χ0n) is 18.6. The number of rotatable bonds is 8. The Morgan fingerprint density at radius 3 is 2.37 bits per heavy atom. The number of carbonyl (C=O) groups excluding carboxylic acids is 1. The highest BCUT2D eigenvalue weighted by Crippen LogP contribution is 2.33. The second-order valence-electron chi connectivity index (χ2n) is 7.60. The Bertz CT molecular complexity index is 1010. The third-order valence-corrected chi connectivity index (χ3v) is 7.26. The molecule has 2 heterocycles. The summed E-state index contributed by atoms with van der Waals surface area (Å²) in [5, 5.41) is 14.9. The Kier molecular flexibility index (Phi) is 7.36. The average molecular weight is 443 g/mol. The van der Waals surface area contributed by atoms with Crippen molar-refractivity contribution in [2.45, 2.75) is 65.6 Å². The predicted molar refractivity (Wildman–Crippen MR) is 128 cm³/mol. The molecule has 5 nitrogen and oxygen atoms in total. The van der Waals surface area contributed by atoms with Crippen LogP contribution in [0.25, 0.3) is 11.4 Å². The van der Waals surface area contributed by atoms with Crippen LogP contribution in [-0.2, 0) is 17.6 Å². The van der Waals surface area contributed by atoms with Crippen molar-refractivity contribution in [3.05, 3.63) is 45.1 Å². The maximum atomic E-state index is 12.7. The van der Waals surface area contributed by atoms with Gasteiger partial charge in [-0.1, -0.05) is 43.8 Å². The van der Waals surface area contributed by atoms with E-state index in [2.05, 4.69) is 85.2 Å². The molecule has 0 bridgehead atoms. The van der Waals surface area contributed by atoms with E-state index < -0.39 is 0 Å². The predicted octanol–water partition coefficient (Wildman–Crippen LogP) is 6.06. The highest BCUT2D eigenvalue weighted by atomic mass is 32.2. The quantitative estimate of drug-likeness (QED) is 0.431. The lowest BCUT2D eigenvalue weighted by molar-refractivity contribution is -0.113. The zero-order valence-corrected chi connectivity index (χ0v) is 20.2. The molecule has 0 saturated heterocycles. The highest BCUT2D eigenvalue weighted by Gasteiger charge is 2.20. The molecule has 0 unspecified atom stereocenters. The smallest absolute Gasteiger partial charge is 0.234 e. The van der Waals surface area contributed by atoms with Gasteiger partial charge in [-0.3, -0.25) is 9.36 Å². The summed E-state index contributed by atoms with van der Waals surface area (Å²) in [6, 6.07) is 6.42. The summed E-state index contributed by atoms with van der Waals surface area (Å²) in [6.45, 7) is 12.7. The molecule has 1 N–H and O–H groups in total. The molecular weight excluding hydrogens is 412 g/mol. The van der Waals surface area contributed by atoms with Crippen molar-refractivity contribution in [1.82, 2.24) is 14.8 Å². The molecule has 0 fully saturated rings. The van der Waals surface area contributed by atoms with Crippen LogP contribution < -0.4 is 5.32 Å².